The van der Waals surface area contributed by atoms with Gasteiger partial charge in [-0.15, -0.1) is 0 Å². The number of carbonyl (C=O) groups excluding carboxylic acids is 1. The second-order valence-electron chi connectivity index (χ2n) is 6.93. The molecule has 3 aliphatic heterocycles. The zero-order chi connectivity index (χ0) is 16.8. The fourth-order valence-electron chi connectivity index (χ4n) is 4.20. The molecule has 5 rings (SSSR count). The maximum Gasteiger partial charge on any atom is 0.261 e. The molecule has 7 nitrogen and oxygen atoms in total. The van der Waals surface area contributed by atoms with Crippen LogP contribution >= 0.6 is 0 Å². The van der Waals surface area contributed by atoms with Crippen LogP contribution in [-0.2, 0) is 13.1 Å². The molecule has 0 unspecified atom stereocenters. The van der Waals surface area contributed by atoms with E-state index in [0.717, 1.165) is 44.6 Å². The van der Waals surface area contributed by atoms with E-state index >= 15 is 0 Å². The topological polar surface area (TPSA) is 63.5 Å². The van der Waals surface area contributed by atoms with E-state index in [1.807, 2.05) is 17.2 Å². The SMILES string of the molecule is O=C(c1cnn2c1OCCC2)N1Cc2ncccc2N2CCC[C@H]2C1. The average Bonchev–Trinajstić information content (AvgIpc) is 3.25. The van der Waals surface area contributed by atoms with E-state index < -0.39 is 0 Å². The molecular weight excluding hydrogens is 318 g/mol. The average molecular weight is 339 g/mol. The summed E-state index contributed by atoms with van der Waals surface area (Å²) in [6.45, 7) is 3.75. The molecule has 5 heterocycles. The van der Waals surface area contributed by atoms with Crippen molar-refractivity contribution in [2.75, 3.05) is 24.6 Å². The smallest absolute Gasteiger partial charge is 0.261 e. The summed E-state index contributed by atoms with van der Waals surface area (Å²) in [5.41, 5.74) is 2.72. The largest absolute Gasteiger partial charge is 0.477 e. The van der Waals surface area contributed by atoms with Gasteiger partial charge >= 0.3 is 0 Å². The first-order valence-electron chi connectivity index (χ1n) is 8.99. The molecule has 0 bridgehead atoms. The Kier molecular flexibility index (Phi) is 3.39. The third-order valence-electron chi connectivity index (χ3n) is 5.39. The lowest BCUT2D eigenvalue weighted by atomic mass is 10.2. The molecule has 1 saturated heterocycles. The number of nitrogens with zero attached hydrogens (tertiary/aromatic N) is 5. The molecule has 0 N–H and O–H groups in total. The van der Waals surface area contributed by atoms with Crippen LogP contribution in [0.2, 0.25) is 0 Å². The number of rotatable bonds is 1. The quantitative estimate of drug-likeness (QED) is 0.791. The minimum atomic E-state index is -0.00602. The molecule has 1 amide bonds. The second kappa shape index (κ2) is 5.75. The van der Waals surface area contributed by atoms with Crippen LogP contribution in [0.5, 0.6) is 5.88 Å². The van der Waals surface area contributed by atoms with Crippen molar-refractivity contribution in [3.05, 3.63) is 35.8 Å². The van der Waals surface area contributed by atoms with Crippen molar-refractivity contribution >= 4 is 11.6 Å². The van der Waals surface area contributed by atoms with Crippen LogP contribution in [0.1, 0.15) is 35.3 Å². The Bertz CT molecular complexity index is 818. The van der Waals surface area contributed by atoms with E-state index in [4.69, 9.17) is 4.74 Å². The number of aromatic nitrogens is 3. The summed E-state index contributed by atoms with van der Waals surface area (Å²) in [5, 5.41) is 4.32. The number of fused-ring (bicyclic) bond motifs is 4. The Morgan fingerprint density at radius 1 is 1.28 bits per heavy atom. The lowest BCUT2D eigenvalue weighted by Gasteiger charge is -2.27. The van der Waals surface area contributed by atoms with Crippen molar-refractivity contribution in [3.8, 4) is 5.88 Å². The van der Waals surface area contributed by atoms with Gasteiger partial charge in [0.05, 0.1) is 30.7 Å². The van der Waals surface area contributed by atoms with Crippen LogP contribution in [-0.4, -0.2) is 51.3 Å². The van der Waals surface area contributed by atoms with E-state index in [1.54, 1.807) is 10.9 Å². The minimum Gasteiger partial charge on any atom is -0.477 e. The van der Waals surface area contributed by atoms with Crippen molar-refractivity contribution < 1.29 is 9.53 Å². The van der Waals surface area contributed by atoms with Crippen molar-refractivity contribution in [1.82, 2.24) is 19.7 Å². The highest BCUT2D eigenvalue weighted by atomic mass is 16.5. The van der Waals surface area contributed by atoms with Crippen molar-refractivity contribution in [3.63, 3.8) is 0 Å². The molecule has 0 saturated carbocycles. The van der Waals surface area contributed by atoms with Crippen molar-refractivity contribution in [2.45, 2.75) is 38.4 Å². The van der Waals surface area contributed by atoms with E-state index in [1.165, 1.54) is 5.69 Å². The van der Waals surface area contributed by atoms with Gasteiger partial charge in [0.2, 0.25) is 5.88 Å². The fourth-order valence-corrected chi connectivity index (χ4v) is 4.20. The molecule has 3 aliphatic rings. The summed E-state index contributed by atoms with van der Waals surface area (Å²) in [5.74, 6) is 0.610. The first-order valence-corrected chi connectivity index (χ1v) is 8.99. The van der Waals surface area contributed by atoms with Gasteiger partial charge in [0.25, 0.3) is 5.91 Å². The Hall–Kier alpha value is -2.57. The van der Waals surface area contributed by atoms with Gasteiger partial charge in [-0.2, -0.15) is 5.10 Å². The molecule has 7 heteroatoms. The molecule has 0 aliphatic carbocycles. The van der Waals surface area contributed by atoms with Crippen LogP contribution in [0.3, 0.4) is 0 Å². The molecule has 0 radical (unpaired) electrons. The lowest BCUT2D eigenvalue weighted by Crippen LogP contribution is -2.40. The van der Waals surface area contributed by atoms with Crippen LogP contribution < -0.4 is 9.64 Å². The summed E-state index contributed by atoms with van der Waals surface area (Å²) in [7, 11) is 0. The number of aryl methyl sites for hydroxylation is 1. The first kappa shape index (κ1) is 14.7. The van der Waals surface area contributed by atoms with Crippen LogP contribution in [0, 0.1) is 0 Å². The Morgan fingerprint density at radius 2 is 2.24 bits per heavy atom. The van der Waals surface area contributed by atoms with Gasteiger partial charge in [-0.05, 0) is 25.0 Å². The van der Waals surface area contributed by atoms with Crippen molar-refractivity contribution in [1.29, 1.82) is 0 Å². The highest BCUT2D eigenvalue weighted by Crippen LogP contribution is 2.33. The molecule has 1 fully saturated rings. The van der Waals surface area contributed by atoms with Gasteiger partial charge in [0.15, 0.2) is 0 Å². The first-order chi connectivity index (χ1) is 12.3. The summed E-state index contributed by atoms with van der Waals surface area (Å²) in [6.07, 6.45) is 6.66. The van der Waals surface area contributed by atoms with E-state index in [2.05, 4.69) is 21.0 Å². The van der Waals surface area contributed by atoms with Crippen LogP contribution in [0.4, 0.5) is 5.69 Å². The molecule has 2 aromatic heterocycles. The number of carbonyl (C=O) groups is 1. The summed E-state index contributed by atoms with van der Waals surface area (Å²) >= 11 is 0. The van der Waals surface area contributed by atoms with Crippen LogP contribution in [0.15, 0.2) is 24.5 Å². The predicted octanol–water partition coefficient (Wildman–Crippen LogP) is 1.69. The van der Waals surface area contributed by atoms with Crippen molar-refractivity contribution in [2.24, 2.45) is 0 Å². The standard InChI is InChI=1S/C18H21N5O2/c24-17(14-10-20-23-8-3-9-25-18(14)23)21-11-13-4-2-7-22(13)16-5-1-6-19-15(16)12-21/h1,5-6,10,13H,2-4,7-9,11-12H2/t13-/m0/s1. The lowest BCUT2D eigenvalue weighted by molar-refractivity contribution is 0.0729. The van der Waals surface area contributed by atoms with Gasteiger partial charge in [-0.3, -0.25) is 9.78 Å². The number of anilines is 1. The van der Waals surface area contributed by atoms with Gasteiger partial charge in [0, 0.05) is 38.3 Å². The van der Waals surface area contributed by atoms with Gasteiger partial charge < -0.3 is 14.5 Å². The van der Waals surface area contributed by atoms with E-state index in [-0.39, 0.29) is 5.91 Å². The number of hydrogen-bond acceptors (Lipinski definition) is 5. The highest BCUT2D eigenvalue weighted by molar-refractivity contribution is 5.96. The number of amides is 1. The number of pyridine rings is 1. The molecule has 25 heavy (non-hydrogen) atoms. The maximum absolute atomic E-state index is 13.2. The van der Waals surface area contributed by atoms with Gasteiger partial charge in [-0.1, -0.05) is 0 Å². The van der Waals surface area contributed by atoms with Gasteiger partial charge in [0.1, 0.15) is 5.56 Å². The summed E-state index contributed by atoms with van der Waals surface area (Å²) in [4.78, 5) is 22.1. The normalized spacial score (nSPS) is 21.8. The van der Waals surface area contributed by atoms with Gasteiger partial charge in [-0.25, -0.2) is 4.68 Å². The minimum absolute atomic E-state index is 0.00602. The second-order valence-corrected chi connectivity index (χ2v) is 6.93. The molecular formula is C18H21N5O2. The molecule has 2 aromatic rings. The van der Waals surface area contributed by atoms with E-state index in [0.29, 0.717) is 30.6 Å². The monoisotopic (exact) mass is 339 g/mol. The Morgan fingerprint density at radius 3 is 3.20 bits per heavy atom. The predicted molar refractivity (Wildman–Crippen MR) is 91.7 cm³/mol. The zero-order valence-electron chi connectivity index (χ0n) is 14.1. The summed E-state index contributed by atoms with van der Waals surface area (Å²) in [6, 6.07) is 4.47. The summed E-state index contributed by atoms with van der Waals surface area (Å²) < 4.78 is 7.52. The van der Waals surface area contributed by atoms with Crippen LogP contribution in [0.25, 0.3) is 0 Å². The third-order valence-corrected chi connectivity index (χ3v) is 5.39. The fraction of sp³-hybridized carbons (Fsp3) is 0.500. The number of hydrogen-bond donors (Lipinski definition) is 0. The Labute approximate surface area is 146 Å². The molecule has 130 valence electrons. The Balaban J connectivity index is 1.50. The zero-order valence-corrected chi connectivity index (χ0v) is 14.1. The van der Waals surface area contributed by atoms with E-state index in [9.17, 15) is 4.79 Å². The highest BCUT2D eigenvalue weighted by Gasteiger charge is 2.35. The molecule has 0 spiro atoms. The maximum atomic E-state index is 13.2. The molecule has 0 aromatic carbocycles. The third kappa shape index (κ3) is 2.37. The molecule has 1 atom stereocenters. The number of ether oxygens (including phenoxy) is 1.